The molecule has 0 radical (unpaired) electrons. The second-order valence-electron chi connectivity index (χ2n) is 7.22. The van der Waals surface area contributed by atoms with Crippen molar-refractivity contribution >= 4 is 44.2 Å². The topological polar surface area (TPSA) is 57.0 Å². The third-order valence-corrected chi connectivity index (χ3v) is 6.60. The molecule has 0 saturated carbocycles. The van der Waals surface area contributed by atoms with Crippen LogP contribution in [0.2, 0.25) is 0 Å². The monoisotopic (exact) mass is 507 g/mol. The number of thioether (sulfide) groups is 1. The molecule has 0 spiro atoms. The number of nitrogens with zero attached hydrogens (tertiary/aromatic N) is 3. The molecule has 0 aliphatic carbocycles. The number of fused-ring (bicyclic) bond motifs is 1. The van der Waals surface area contributed by atoms with E-state index >= 15 is 0 Å². The Bertz CT molecular complexity index is 1270. The zero-order valence-electron chi connectivity index (χ0n) is 17.6. The van der Waals surface area contributed by atoms with E-state index in [1.807, 2.05) is 47.0 Å². The first-order valence-electron chi connectivity index (χ1n) is 10.1. The summed E-state index contributed by atoms with van der Waals surface area (Å²) in [4.78, 5) is 12.5. The third kappa shape index (κ3) is 4.95. The van der Waals surface area contributed by atoms with Gasteiger partial charge in [-0.1, -0.05) is 76.2 Å². The number of ketones is 1. The van der Waals surface area contributed by atoms with E-state index in [0.29, 0.717) is 23.1 Å². The van der Waals surface area contributed by atoms with Crippen LogP contribution in [-0.2, 0) is 13.2 Å². The van der Waals surface area contributed by atoms with Crippen molar-refractivity contribution in [3.63, 3.8) is 0 Å². The molecule has 162 valence electrons. The van der Waals surface area contributed by atoms with Crippen molar-refractivity contribution in [1.29, 1.82) is 0 Å². The Kier molecular flexibility index (Phi) is 7.07. The van der Waals surface area contributed by atoms with E-state index in [2.05, 4.69) is 57.8 Å². The number of halogens is 1. The van der Waals surface area contributed by atoms with E-state index in [4.69, 9.17) is 4.74 Å². The lowest BCUT2D eigenvalue weighted by molar-refractivity contribution is 0.102. The molecule has 32 heavy (non-hydrogen) atoms. The summed E-state index contributed by atoms with van der Waals surface area (Å²) in [7, 11) is 0. The van der Waals surface area contributed by atoms with Crippen molar-refractivity contribution in [2.45, 2.75) is 25.2 Å². The van der Waals surface area contributed by atoms with Crippen LogP contribution in [0.4, 0.5) is 0 Å². The van der Waals surface area contributed by atoms with E-state index in [9.17, 15) is 4.79 Å². The van der Waals surface area contributed by atoms with Crippen LogP contribution in [0.25, 0.3) is 10.8 Å². The van der Waals surface area contributed by atoms with Gasteiger partial charge in [-0.25, -0.2) is 0 Å². The molecule has 0 unspecified atom stereocenters. The molecule has 0 bridgehead atoms. The summed E-state index contributed by atoms with van der Waals surface area (Å²) in [5.41, 5.74) is 1.76. The number of carbonyl (C=O) groups is 1. The zero-order chi connectivity index (χ0) is 22.5. The fourth-order valence-electron chi connectivity index (χ4n) is 3.40. The molecular formula is C25H22BrN3O2S. The highest BCUT2D eigenvalue weighted by atomic mass is 79.9. The molecule has 1 aromatic heterocycles. The van der Waals surface area contributed by atoms with Gasteiger partial charge in [0.05, 0.1) is 5.75 Å². The molecule has 7 heteroatoms. The lowest BCUT2D eigenvalue weighted by Crippen LogP contribution is -2.09. The highest BCUT2D eigenvalue weighted by Crippen LogP contribution is 2.28. The Balaban J connectivity index is 1.47. The summed E-state index contributed by atoms with van der Waals surface area (Å²) in [5, 5.41) is 11.6. The van der Waals surface area contributed by atoms with Crippen LogP contribution in [0, 0.1) is 6.92 Å². The average molecular weight is 508 g/mol. The second kappa shape index (κ2) is 10.1. The highest BCUT2D eigenvalue weighted by molar-refractivity contribution is 9.10. The second-order valence-corrected chi connectivity index (χ2v) is 9.07. The Labute approximate surface area is 199 Å². The van der Waals surface area contributed by atoms with Crippen LogP contribution >= 0.6 is 27.7 Å². The van der Waals surface area contributed by atoms with Crippen molar-refractivity contribution in [2.24, 2.45) is 0 Å². The quantitative estimate of drug-likeness (QED) is 0.152. The van der Waals surface area contributed by atoms with Crippen molar-refractivity contribution < 1.29 is 9.53 Å². The molecule has 0 saturated heterocycles. The summed E-state index contributed by atoms with van der Waals surface area (Å²) < 4.78 is 8.98. The SMILES string of the molecule is C=CCn1c(COc2ccc3ccccc3c2C)nnc1SCC(=O)c1ccc(Br)cc1. The maximum atomic E-state index is 12.5. The van der Waals surface area contributed by atoms with Crippen LogP contribution in [0.15, 0.2) is 82.9 Å². The average Bonchev–Trinajstić information content (AvgIpc) is 3.19. The minimum absolute atomic E-state index is 0.0419. The Morgan fingerprint density at radius 3 is 2.69 bits per heavy atom. The van der Waals surface area contributed by atoms with E-state index in [0.717, 1.165) is 15.8 Å². The molecule has 1 heterocycles. The van der Waals surface area contributed by atoms with Crippen molar-refractivity contribution in [1.82, 2.24) is 14.8 Å². The molecule has 0 aliphatic heterocycles. The first-order chi connectivity index (χ1) is 15.6. The van der Waals surface area contributed by atoms with Gasteiger partial charge in [0.2, 0.25) is 0 Å². The number of aryl methyl sites for hydroxylation is 1. The Morgan fingerprint density at radius 2 is 1.91 bits per heavy atom. The van der Waals surface area contributed by atoms with E-state index in [1.165, 1.54) is 22.5 Å². The first-order valence-corrected chi connectivity index (χ1v) is 11.9. The van der Waals surface area contributed by atoms with E-state index in [1.54, 1.807) is 6.08 Å². The van der Waals surface area contributed by atoms with Gasteiger partial charge in [-0.3, -0.25) is 9.36 Å². The lowest BCUT2D eigenvalue weighted by atomic mass is 10.0. The van der Waals surface area contributed by atoms with Gasteiger partial charge in [0, 0.05) is 16.6 Å². The number of carbonyl (C=O) groups excluding carboxylic acids is 1. The fraction of sp³-hybridized carbons (Fsp3) is 0.160. The molecule has 0 amide bonds. The zero-order valence-corrected chi connectivity index (χ0v) is 20.0. The molecule has 0 fully saturated rings. The fourth-order valence-corrected chi connectivity index (χ4v) is 4.53. The van der Waals surface area contributed by atoms with Gasteiger partial charge in [-0.05, 0) is 41.5 Å². The van der Waals surface area contributed by atoms with Gasteiger partial charge in [-0.15, -0.1) is 16.8 Å². The number of ether oxygens (including phenoxy) is 1. The minimum atomic E-state index is 0.0419. The first kappa shape index (κ1) is 22.3. The number of benzene rings is 3. The Morgan fingerprint density at radius 1 is 1.12 bits per heavy atom. The smallest absolute Gasteiger partial charge is 0.192 e. The molecule has 4 aromatic rings. The maximum absolute atomic E-state index is 12.5. The highest BCUT2D eigenvalue weighted by Gasteiger charge is 2.15. The summed E-state index contributed by atoms with van der Waals surface area (Å²) in [6.07, 6.45) is 1.79. The molecular weight excluding hydrogens is 486 g/mol. The van der Waals surface area contributed by atoms with Crippen LogP contribution in [0.1, 0.15) is 21.7 Å². The van der Waals surface area contributed by atoms with Crippen LogP contribution in [-0.4, -0.2) is 26.3 Å². The van der Waals surface area contributed by atoms with Gasteiger partial charge in [0.1, 0.15) is 12.4 Å². The molecule has 3 aromatic carbocycles. The standard InChI is InChI=1S/C25H22BrN3O2S/c1-3-14-29-24(15-31-23-13-10-18-6-4-5-7-21(18)17(23)2)27-28-25(29)32-16-22(30)19-8-11-20(26)12-9-19/h3-13H,1,14-16H2,2H3. The van der Waals surface area contributed by atoms with Crippen LogP contribution < -0.4 is 4.74 Å². The number of hydrogen-bond donors (Lipinski definition) is 0. The Hall–Kier alpha value is -2.90. The van der Waals surface area contributed by atoms with Crippen LogP contribution in [0.5, 0.6) is 5.75 Å². The van der Waals surface area contributed by atoms with Gasteiger partial charge in [0.25, 0.3) is 0 Å². The van der Waals surface area contributed by atoms with Gasteiger partial charge in [0.15, 0.2) is 16.8 Å². The number of hydrogen-bond acceptors (Lipinski definition) is 5. The lowest BCUT2D eigenvalue weighted by Gasteiger charge is -2.12. The van der Waals surface area contributed by atoms with Crippen molar-refractivity contribution in [3.05, 3.63) is 94.7 Å². The van der Waals surface area contributed by atoms with Gasteiger partial charge in [-0.2, -0.15) is 0 Å². The minimum Gasteiger partial charge on any atom is -0.485 e. The summed E-state index contributed by atoms with van der Waals surface area (Å²) in [6, 6.07) is 19.6. The third-order valence-electron chi connectivity index (χ3n) is 5.11. The predicted molar refractivity (Wildman–Crippen MR) is 132 cm³/mol. The molecule has 0 N–H and O–H groups in total. The summed E-state index contributed by atoms with van der Waals surface area (Å²) in [5.74, 6) is 1.83. The molecule has 0 aliphatic rings. The van der Waals surface area contributed by atoms with Crippen molar-refractivity contribution in [2.75, 3.05) is 5.75 Å². The number of aromatic nitrogens is 3. The van der Waals surface area contributed by atoms with E-state index < -0.39 is 0 Å². The number of rotatable bonds is 9. The van der Waals surface area contributed by atoms with Gasteiger partial charge >= 0.3 is 0 Å². The van der Waals surface area contributed by atoms with Crippen molar-refractivity contribution in [3.8, 4) is 5.75 Å². The predicted octanol–water partition coefficient (Wildman–Crippen LogP) is 6.24. The van der Waals surface area contributed by atoms with Crippen LogP contribution in [0.3, 0.4) is 0 Å². The number of allylic oxidation sites excluding steroid dienone is 1. The summed E-state index contributed by atoms with van der Waals surface area (Å²) in [6.45, 7) is 6.71. The largest absolute Gasteiger partial charge is 0.485 e. The normalized spacial score (nSPS) is 10.9. The molecule has 5 nitrogen and oxygen atoms in total. The molecule has 4 rings (SSSR count). The van der Waals surface area contributed by atoms with E-state index in [-0.39, 0.29) is 18.1 Å². The van der Waals surface area contributed by atoms with Gasteiger partial charge < -0.3 is 4.74 Å². The molecule has 0 atom stereocenters. The maximum Gasteiger partial charge on any atom is 0.192 e. The summed E-state index contributed by atoms with van der Waals surface area (Å²) >= 11 is 4.75. The number of Topliss-reactive ketones (excluding diaryl/α,β-unsaturated/α-hetero) is 1.